The van der Waals surface area contributed by atoms with E-state index in [0.29, 0.717) is 27.9 Å². The van der Waals surface area contributed by atoms with Crippen molar-refractivity contribution >= 4 is 53.7 Å². The highest BCUT2D eigenvalue weighted by molar-refractivity contribution is 7.12. The van der Waals surface area contributed by atoms with Gasteiger partial charge in [0.15, 0.2) is 5.69 Å². The summed E-state index contributed by atoms with van der Waals surface area (Å²) in [6.45, 7) is 9.91. The van der Waals surface area contributed by atoms with E-state index >= 15 is 4.39 Å². The van der Waals surface area contributed by atoms with Gasteiger partial charge in [0.05, 0.1) is 40.4 Å². The summed E-state index contributed by atoms with van der Waals surface area (Å²) in [6.07, 6.45) is 1.75. The Morgan fingerprint density at radius 2 is 2.03 bits per heavy atom. The van der Waals surface area contributed by atoms with Gasteiger partial charge in [0.1, 0.15) is 12.5 Å². The second-order valence-corrected chi connectivity index (χ2v) is 17.2. The van der Waals surface area contributed by atoms with Crippen LogP contribution in [0.3, 0.4) is 0 Å². The number of carbonyl (C=O) groups excluding carboxylic acids is 1. The Bertz CT molecular complexity index is 1420. The third kappa shape index (κ3) is 6.56. The Morgan fingerprint density at radius 1 is 1.24 bits per heavy atom. The Balaban J connectivity index is 1.64. The van der Waals surface area contributed by atoms with Crippen molar-refractivity contribution in [2.75, 3.05) is 19.0 Å². The summed E-state index contributed by atoms with van der Waals surface area (Å²) in [7, 11) is 0.140. The lowest BCUT2D eigenvalue weighted by atomic mass is 10.0. The number of aromatic nitrogens is 3. The number of ether oxygens (including phenoxy) is 2. The third-order valence-corrected chi connectivity index (χ3v) is 8.81. The molecule has 2 aromatic heterocycles. The molecule has 0 bridgehead atoms. The van der Waals surface area contributed by atoms with Gasteiger partial charge in [-0.25, -0.2) is 19.2 Å². The maximum atomic E-state index is 15.1. The number of halogens is 2. The van der Waals surface area contributed by atoms with Crippen molar-refractivity contribution in [3.63, 3.8) is 0 Å². The number of methoxy groups -OCH3 is 1. The number of rotatable bonds is 10. The molecule has 2 aromatic carbocycles. The zero-order chi connectivity index (χ0) is 26.7. The van der Waals surface area contributed by atoms with Crippen molar-refractivity contribution in [2.24, 2.45) is 0 Å². The van der Waals surface area contributed by atoms with Gasteiger partial charge in [-0.05, 0) is 43.3 Å². The summed E-state index contributed by atoms with van der Waals surface area (Å²) in [5, 5.41) is 4.33. The second kappa shape index (κ2) is 11.3. The van der Waals surface area contributed by atoms with E-state index in [1.165, 1.54) is 24.5 Å². The van der Waals surface area contributed by atoms with E-state index in [1.54, 1.807) is 25.4 Å². The van der Waals surface area contributed by atoms with Gasteiger partial charge in [-0.3, -0.25) is 0 Å². The lowest BCUT2D eigenvalue weighted by molar-refractivity contribution is 0.0593. The van der Waals surface area contributed by atoms with Crippen LogP contribution in [0.2, 0.25) is 30.7 Å². The fraction of sp³-hybridized carbons (Fsp3) is 0.346. The minimum atomic E-state index is -1.16. The molecule has 37 heavy (non-hydrogen) atoms. The van der Waals surface area contributed by atoms with Crippen LogP contribution >= 0.6 is 22.9 Å². The number of hydrogen-bond acceptors (Lipinski definition) is 7. The zero-order valence-electron chi connectivity index (χ0n) is 21.5. The molecule has 0 saturated heterocycles. The molecule has 0 aliphatic carbocycles. The molecule has 0 amide bonds. The number of nitrogens with zero attached hydrogens (tertiary/aromatic N) is 3. The highest BCUT2D eigenvalue weighted by Gasteiger charge is 2.28. The molecule has 2 heterocycles. The first-order valence-corrected chi connectivity index (χ1v) is 16.8. The summed E-state index contributed by atoms with van der Waals surface area (Å²) in [6, 6.07) is 10.6. The van der Waals surface area contributed by atoms with Gasteiger partial charge in [-0.2, -0.15) is 0 Å². The molecule has 1 atom stereocenters. The largest absolute Gasteiger partial charge is 0.464 e. The Kier molecular flexibility index (Phi) is 8.32. The molecule has 0 spiro atoms. The molecule has 0 aliphatic rings. The number of nitrogens with one attached hydrogen (secondary N) is 1. The first-order chi connectivity index (χ1) is 17.6. The van der Waals surface area contributed by atoms with Gasteiger partial charge in [-0.1, -0.05) is 37.3 Å². The Hall–Kier alpha value is -2.79. The van der Waals surface area contributed by atoms with Crippen LogP contribution in [0.1, 0.15) is 32.0 Å². The number of fused-ring (bicyclic) bond motifs is 1. The smallest absolute Gasteiger partial charge is 0.357 e. The average Bonchev–Trinajstić information content (AvgIpc) is 3.42. The normalized spacial score (nSPS) is 12.6. The number of anilines is 1. The lowest BCUT2D eigenvalue weighted by Crippen LogP contribution is -2.21. The maximum absolute atomic E-state index is 15.1. The second-order valence-electron chi connectivity index (χ2n) is 9.95. The Labute approximate surface area is 225 Å². The summed E-state index contributed by atoms with van der Waals surface area (Å²) in [4.78, 5) is 21.9. The lowest BCUT2D eigenvalue weighted by Gasteiger charge is -2.21. The minimum Gasteiger partial charge on any atom is -0.464 e. The van der Waals surface area contributed by atoms with Crippen LogP contribution in [0.25, 0.3) is 11.0 Å². The molecule has 0 aliphatic heterocycles. The third-order valence-electron chi connectivity index (χ3n) is 5.83. The first-order valence-electron chi connectivity index (χ1n) is 11.9. The zero-order valence-corrected chi connectivity index (χ0v) is 24.0. The predicted octanol–water partition coefficient (Wildman–Crippen LogP) is 6.89. The van der Waals surface area contributed by atoms with Crippen LogP contribution in [0, 0.1) is 12.7 Å². The van der Waals surface area contributed by atoms with Crippen LogP contribution in [0.5, 0.6) is 0 Å². The van der Waals surface area contributed by atoms with E-state index in [0.717, 1.165) is 23.7 Å². The van der Waals surface area contributed by atoms with E-state index in [2.05, 4.69) is 34.9 Å². The van der Waals surface area contributed by atoms with Gasteiger partial charge in [0, 0.05) is 31.0 Å². The SMILES string of the molecule is COC(=O)c1nc(C)sc1C(Nc1ccc2c(c1)ncn2COCC[Si](C)(C)C)c1ccc(Cl)cc1F. The van der Waals surface area contributed by atoms with Crippen molar-refractivity contribution in [1.82, 2.24) is 14.5 Å². The highest BCUT2D eigenvalue weighted by atomic mass is 35.5. The molecule has 0 fully saturated rings. The van der Waals surface area contributed by atoms with E-state index in [1.807, 2.05) is 22.8 Å². The highest BCUT2D eigenvalue weighted by Crippen LogP contribution is 2.36. The molecule has 196 valence electrons. The van der Waals surface area contributed by atoms with E-state index < -0.39 is 25.9 Å². The number of esters is 1. The van der Waals surface area contributed by atoms with Crippen LogP contribution in [0.4, 0.5) is 10.1 Å². The summed E-state index contributed by atoms with van der Waals surface area (Å²) < 4.78 is 27.9. The molecule has 0 saturated carbocycles. The first kappa shape index (κ1) is 27.2. The molecular weight excluding hydrogens is 531 g/mol. The number of carbonyl (C=O) groups is 1. The molecule has 4 rings (SSSR count). The molecule has 1 unspecified atom stereocenters. The van der Waals surface area contributed by atoms with Gasteiger partial charge in [0.2, 0.25) is 0 Å². The van der Waals surface area contributed by atoms with Gasteiger partial charge in [-0.15, -0.1) is 11.3 Å². The fourth-order valence-corrected chi connectivity index (χ4v) is 5.77. The quantitative estimate of drug-likeness (QED) is 0.129. The van der Waals surface area contributed by atoms with Crippen LogP contribution in [-0.4, -0.2) is 42.3 Å². The number of aryl methyl sites for hydroxylation is 1. The fourth-order valence-electron chi connectivity index (χ4n) is 3.87. The number of imidazole rings is 1. The monoisotopic (exact) mass is 560 g/mol. The molecule has 4 aromatic rings. The summed E-state index contributed by atoms with van der Waals surface area (Å²) in [5.41, 5.74) is 2.88. The van der Waals surface area contributed by atoms with Crippen molar-refractivity contribution in [3.8, 4) is 0 Å². The summed E-state index contributed by atoms with van der Waals surface area (Å²) >= 11 is 7.31. The number of thiazole rings is 1. The van der Waals surface area contributed by atoms with Crippen LogP contribution in [0.15, 0.2) is 42.7 Å². The van der Waals surface area contributed by atoms with Crippen LogP contribution < -0.4 is 5.32 Å². The predicted molar refractivity (Wildman–Crippen MR) is 149 cm³/mol. The van der Waals surface area contributed by atoms with Crippen molar-refractivity contribution in [2.45, 2.75) is 45.4 Å². The molecule has 1 N–H and O–H groups in total. The minimum absolute atomic E-state index is 0.151. The molecular formula is C26H30ClFN4O3SSi. The standard InChI is InChI=1S/C26H30ClFN4O3SSi/c1-16-30-24(26(33)34-2)25(36-16)23(19-8-6-17(27)12-20(19)28)31-18-7-9-22-21(13-18)29-14-32(22)15-35-10-11-37(3,4)5/h6-9,12-14,23,31H,10-11,15H2,1-5H3. The van der Waals surface area contributed by atoms with Crippen molar-refractivity contribution < 1.29 is 18.7 Å². The summed E-state index contributed by atoms with van der Waals surface area (Å²) in [5.74, 6) is -1.07. The van der Waals surface area contributed by atoms with E-state index in [-0.39, 0.29) is 10.7 Å². The number of hydrogen-bond donors (Lipinski definition) is 1. The molecule has 7 nitrogen and oxygen atoms in total. The van der Waals surface area contributed by atoms with Gasteiger partial charge in [0.25, 0.3) is 0 Å². The van der Waals surface area contributed by atoms with Crippen LogP contribution in [-0.2, 0) is 16.2 Å². The maximum Gasteiger partial charge on any atom is 0.357 e. The van der Waals surface area contributed by atoms with Gasteiger partial charge >= 0.3 is 5.97 Å². The topological polar surface area (TPSA) is 78.3 Å². The van der Waals surface area contributed by atoms with E-state index in [4.69, 9.17) is 21.1 Å². The van der Waals surface area contributed by atoms with Crippen molar-refractivity contribution in [3.05, 3.63) is 74.7 Å². The molecule has 11 heteroatoms. The van der Waals surface area contributed by atoms with Gasteiger partial charge < -0.3 is 19.4 Å². The average molecular weight is 561 g/mol. The van der Waals surface area contributed by atoms with Crippen molar-refractivity contribution in [1.29, 1.82) is 0 Å². The van der Waals surface area contributed by atoms with E-state index in [9.17, 15) is 4.79 Å². The molecule has 0 radical (unpaired) electrons. The number of benzene rings is 2. The Morgan fingerprint density at radius 3 is 2.73 bits per heavy atom.